The summed E-state index contributed by atoms with van der Waals surface area (Å²) in [5.74, 6) is 0. The second kappa shape index (κ2) is 1.28. The maximum atomic E-state index is 2.55. The molecule has 0 aromatic rings. The molecule has 0 amide bonds. The number of fused-ring (bicyclic) bond motifs is 2. The van der Waals surface area contributed by atoms with Crippen LogP contribution in [0.15, 0.2) is 0 Å². The van der Waals surface area contributed by atoms with E-state index in [2.05, 4.69) is 25.8 Å². The zero-order valence-corrected chi connectivity index (χ0v) is 7.78. The molecule has 1 aliphatic heterocycles. The predicted octanol–water partition coefficient (Wildman–Crippen LogP) is 1.88. The lowest BCUT2D eigenvalue weighted by atomic mass is 9.34. The summed E-state index contributed by atoms with van der Waals surface area (Å²) in [6.45, 7) is 6.36. The van der Waals surface area contributed by atoms with Gasteiger partial charge in [0, 0.05) is 12.1 Å². The molecule has 0 aromatic heterocycles. The lowest BCUT2D eigenvalue weighted by Crippen LogP contribution is -2.69. The highest BCUT2D eigenvalue weighted by Gasteiger charge is 2.80. The van der Waals surface area contributed by atoms with Gasteiger partial charge in [-0.25, -0.2) is 0 Å². The van der Waals surface area contributed by atoms with E-state index in [1.807, 2.05) is 0 Å². The number of rotatable bonds is 0. The topological polar surface area (TPSA) is 3.01 Å². The van der Waals surface area contributed by atoms with E-state index in [0.717, 1.165) is 5.41 Å². The van der Waals surface area contributed by atoms with E-state index >= 15 is 0 Å². The molecule has 1 heterocycles. The van der Waals surface area contributed by atoms with E-state index in [1.165, 1.54) is 25.8 Å². The first-order valence-corrected chi connectivity index (χ1v) is 4.75. The first kappa shape index (κ1) is 6.47. The second-order valence-electron chi connectivity index (χ2n) is 5.46. The minimum atomic E-state index is 0.681. The number of hydrogen-bond acceptors (Lipinski definition) is 1. The Morgan fingerprint density at radius 2 is 1.82 bits per heavy atom. The molecule has 2 saturated carbocycles. The van der Waals surface area contributed by atoms with Crippen LogP contribution < -0.4 is 0 Å². The summed E-state index contributed by atoms with van der Waals surface area (Å²) in [5.41, 5.74) is 2.12. The van der Waals surface area contributed by atoms with E-state index in [4.69, 9.17) is 0 Å². The van der Waals surface area contributed by atoms with Crippen LogP contribution in [-0.2, 0) is 0 Å². The van der Waals surface area contributed by atoms with Crippen LogP contribution in [0.1, 0.15) is 33.1 Å². The fourth-order valence-electron chi connectivity index (χ4n) is 3.88. The van der Waals surface area contributed by atoms with Gasteiger partial charge in [-0.2, -0.15) is 0 Å². The van der Waals surface area contributed by atoms with Crippen LogP contribution in [0.3, 0.4) is 0 Å². The summed E-state index contributed by atoms with van der Waals surface area (Å²) in [4.78, 5) is 2.55. The lowest BCUT2D eigenvalue weighted by Gasteiger charge is -2.71. The van der Waals surface area contributed by atoms with Gasteiger partial charge in [0.05, 0.1) is 0 Å². The highest BCUT2D eigenvalue weighted by atomic mass is 15.4. The van der Waals surface area contributed by atoms with Crippen molar-refractivity contribution < 1.29 is 0 Å². The Hall–Kier alpha value is -0.0400. The molecule has 0 bridgehead atoms. The summed E-state index contributed by atoms with van der Waals surface area (Å²) in [6.07, 6.45) is 4.44. The molecule has 11 heavy (non-hydrogen) atoms. The van der Waals surface area contributed by atoms with E-state index in [1.54, 1.807) is 0 Å². The average Bonchev–Trinajstić information content (AvgIpc) is 2.60. The highest BCUT2D eigenvalue weighted by Crippen LogP contribution is 2.79. The summed E-state index contributed by atoms with van der Waals surface area (Å²) >= 11 is 0. The fraction of sp³-hybridized carbons (Fsp3) is 1.00. The molecule has 2 aliphatic carbocycles. The molecule has 0 aromatic carbocycles. The fourth-order valence-corrected chi connectivity index (χ4v) is 3.88. The molecule has 1 saturated heterocycles. The van der Waals surface area contributed by atoms with Gasteiger partial charge in [-0.15, -0.1) is 0 Å². The van der Waals surface area contributed by atoms with Gasteiger partial charge in [-0.05, 0) is 37.1 Å². The Bertz CT molecular complexity index is 237. The summed E-state index contributed by atoms with van der Waals surface area (Å²) < 4.78 is 0. The van der Waals surface area contributed by atoms with Gasteiger partial charge in [0.2, 0.25) is 0 Å². The zero-order valence-electron chi connectivity index (χ0n) is 7.78. The van der Waals surface area contributed by atoms with Crippen LogP contribution in [0, 0.1) is 10.8 Å². The minimum absolute atomic E-state index is 0.681. The largest absolute Gasteiger partial charge is 0.297 e. The maximum absolute atomic E-state index is 2.55. The van der Waals surface area contributed by atoms with Crippen LogP contribution in [0.25, 0.3) is 0 Å². The van der Waals surface area contributed by atoms with Gasteiger partial charge in [0.1, 0.15) is 0 Å². The van der Waals surface area contributed by atoms with Crippen LogP contribution >= 0.6 is 0 Å². The molecule has 3 fully saturated rings. The van der Waals surface area contributed by atoms with E-state index < -0.39 is 0 Å². The van der Waals surface area contributed by atoms with E-state index in [0.29, 0.717) is 11.0 Å². The van der Waals surface area contributed by atoms with Gasteiger partial charge >= 0.3 is 0 Å². The molecule has 4 atom stereocenters. The average molecular weight is 151 g/mol. The van der Waals surface area contributed by atoms with Gasteiger partial charge in [0.25, 0.3) is 0 Å². The van der Waals surface area contributed by atoms with Crippen molar-refractivity contribution in [1.82, 2.24) is 4.90 Å². The van der Waals surface area contributed by atoms with E-state index in [9.17, 15) is 0 Å². The van der Waals surface area contributed by atoms with E-state index in [-0.39, 0.29) is 0 Å². The third kappa shape index (κ3) is 0.395. The van der Waals surface area contributed by atoms with Crippen molar-refractivity contribution in [2.75, 3.05) is 13.6 Å². The van der Waals surface area contributed by atoms with Crippen molar-refractivity contribution in [1.29, 1.82) is 0 Å². The summed E-state index contributed by atoms with van der Waals surface area (Å²) in [7, 11) is 2.28. The zero-order chi connectivity index (χ0) is 7.91. The monoisotopic (exact) mass is 151 g/mol. The van der Waals surface area contributed by atoms with Gasteiger partial charge in [-0.3, -0.25) is 4.90 Å². The van der Waals surface area contributed by atoms with Crippen LogP contribution in [0.5, 0.6) is 0 Å². The first-order chi connectivity index (χ1) is 5.04. The molecule has 62 valence electrons. The lowest BCUT2D eigenvalue weighted by molar-refractivity contribution is -0.200. The van der Waals surface area contributed by atoms with Gasteiger partial charge < -0.3 is 0 Å². The molecule has 1 spiro atoms. The molecule has 3 rings (SSSR count). The summed E-state index contributed by atoms with van der Waals surface area (Å²) in [5, 5.41) is 0. The Kier molecular flexibility index (Phi) is 0.755. The number of nitrogens with zero attached hydrogens (tertiary/aromatic N) is 1. The summed E-state index contributed by atoms with van der Waals surface area (Å²) in [6, 6.07) is 0. The highest BCUT2D eigenvalue weighted by molar-refractivity contribution is 5.33. The smallest absolute Gasteiger partial charge is 0.0398 e. The Morgan fingerprint density at radius 1 is 1.18 bits per heavy atom. The van der Waals surface area contributed by atoms with Crippen molar-refractivity contribution in [2.45, 2.75) is 38.6 Å². The normalized spacial score (nSPS) is 71.7. The van der Waals surface area contributed by atoms with Crippen molar-refractivity contribution >= 4 is 0 Å². The minimum Gasteiger partial charge on any atom is -0.297 e. The van der Waals surface area contributed by atoms with Crippen LogP contribution in [0.4, 0.5) is 0 Å². The molecule has 0 radical (unpaired) electrons. The third-order valence-corrected chi connectivity index (χ3v) is 5.34. The third-order valence-electron chi connectivity index (χ3n) is 5.34. The van der Waals surface area contributed by atoms with Crippen molar-refractivity contribution in [3.8, 4) is 0 Å². The van der Waals surface area contributed by atoms with Gasteiger partial charge in [0.15, 0.2) is 0 Å². The molecule has 0 N–H and O–H groups in total. The molecule has 1 heteroatoms. The Morgan fingerprint density at radius 3 is 1.91 bits per heavy atom. The Balaban J connectivity index is 1.96. The second-order valence-corrected chi connectivity index (χ2v) is 5.46. The molecule has 3 unspecified atom stereocenters. The molecular weight excluding hydrogens is 134 g/mol. The SMILES string of the molecule is CN1CC12CC1(C)CC[C@]12C. The number of hydrogen-bond donors (Lipinski definition) is 0. The Labute approximate surface area is 68.8 Å². The van der Waals surface area contributed by atoms with Crippen LogP contribution in [0.2, 0.25) is 0 Å². The number of likely N-dealkylation sites (N-methyl/N-ethyl adjacent to an activating group) is 1. The maximum Gasteiger partial charge on any atom is 0.0398 e. The molecule has 1 nitrogen and oxygen atoms in total. The quantitative estimate of drug-likeness (QED) is 0.478. The van der Waals surface area contributed by atoms with Crippen molar-refractivity contribution in [2.24, 2.45) is 10.8 Å². The van der Waals surface area contributed by atoms with Crippen LogP contribution in [-0.4, -0.2) is 24.0 Å². The standard InChI is InChI=1S/C10H17N/c1-8-4-5-9(8,2)10(6-8)7-11(10)3/h4-7H2,1-3H3/t8?,9-,10?,11?/m1/s1. The molecular formula is C10H17N. The van der Waals surface area contributed by atoms with Crippen molar-refractivity contribution in [3.05, 3.63) is 0 Å². The van der Waals surface area contributed by atoms with Crippen molar-refractivity contribution in [3.63, 3.8) is 0 Å². The predicted molar refractivity (Wildman–Crippen MR) is 45.4 cm³/mol. The van der Waals surface area contributed by atoms with Gasteiger partial charge in [-0.1, -0.05) is 13.8 Å². The molecule has 3 aliphatic rings. The first-order valence-electron chi connectivity index (χ1n) is 4.75.